The van der Waals surface area contributed by atoms with Crippen molar-refractivity contribution in [1.82, 2.24) is 4.98 Å². The van der Waals surface area contributed by atoms with Crippen molar-refractivity contribution in [2.24, 2.45) is 5.73 Å². The number of carboxylic acids is 1. The molecule has 1 rings (SSSR count). The van der Waals surface area contributed by atoms with E-state index in [2.05, 4.69) is 4.98 Å². The molecular formula is C8H7N3O2. The van der Waals surface area contributed by atoms with Crippen molar-refractivity contribution in [2.45, 2.75) is 6.04 Å². The molecule has 13 heavy (non-hydrogen) atoms. The van der Waals surface area contributed by atoms with Crippen molar-refractivity contribution in [1.29, 1.82) is 5.26 Å². The third kappa shape index (κ3) is 2.01. The van der Waals surface area contributed by atoms with E-state index in [1.807, 2.05) is 6.07 Å². The Balaban J connectivity index is 3.03. The summed E-state index contributed by atoms with van der Waals surface area (Å²) in [4.78, 5) is 14.2. The van der Waals surface area contributed by atoms with Crippen LogP contribution in [0.15, 0.2) is 18.5 Å². The lowest BCUT2D eigenvalue weighted by Crippen LogP contribution is -2.20. The zero-order chi connectivity index (χ0) is 9.84. The molecule has 1 atom stereocenters. The first-order chi connectivity index (χ1) is 6.15. The lowest BCUT2D eigenvalue weighted by atomic mass is 10.1. The Morgan fingerprint density at radius 1 is 1.69 bits per heavy atom. The summed E-state index contributed by atoms with van der Waals surface area (Å²) >= 11 is 0. The molecule has 1 unspecified atom stereocenters. The summed E-state index contributed by atoms with van der Waals surface area (Å²) in [6.07, 6.45) is 2.68. The van der Waals surface area contributed by atoms with Crippen molar-refractivity contribution >= 4 is 5.97 Å². The molecular weight excluding hydrogens is 170 g/mol. The molecule has 3 N–H and O–H groups in total. The Morgan fingerprint density at radius 3 is 2.92 bits per heavy atom. The van der Waals surface area contributed by atoms with Gasteiger partial charge in [0.05, 0.1) is 5.56 Å². The highest BCUT2D eigenvalue weighted by molar-refractivity contribution is 5.75. The molecule has 0 saturated carbocycles. The Bertz CT molecular complexity index is 370. The van der Waals surface area contributed by atoms with E-state index in [0.29, 0.717) is 11.1 Å². The van der Waals surface area contributed by atoms with Crippen LogP contribution in [0.5, 0.6) is 0 Å². The fourth-order valence-corrected chi connectivity index (χ4v) is 0.832. The van der Waals surface area contributed by atoms with Crippen molar-refractivity contribution in [3.8, 4) is 6.07 Å². The van der Waals surface area contributed by atoms with E-state index in [-0.39, 0.29) is 0 Å². The van der Waals surface area contributed by atoms with Gasteiger partial charge in [-0.2, -0.15) is 5.26 Å². The Morgan fingerprint density at radius 2 is 2.38 bits per heavy atom. The smallest absolute Gasteiger partial charge is 0.325 e. The van der Waals surface area contributed by atoms with Gasteiger partial charge in [-0.05, 0) is 11.6 Å². The van der Waals surface area contributed by atoms with Crippen LogP contribution in [0.4, 0.5) is 0 Å². The molecule has 0 aliphatic carbocycles. The van der Waals surface area contributed by atoms with Crippen LogP contribution in [0.3, 0.4) is 0 Å². The normalized spacial score (nSPS) is 11.7. The highest BCUT2D eigenvalue weighted by Gasteiger charge is 2.14. The first kappa shape index (κ1) is 9.16. The molecule has 0 amide bonds. The number of nitriles is 1. The van der Waals surface area contributed by atoms with Crippen molar-refractivity contribution in [3.63, 3.8) is 0 Å². The van der Waals surface area contributed by atoms with Crippen LogP contribution in [-0.4, -0.2) is 16.1 Å². The van der Waals surface area contributed by atoms with E-state index >= 15 is 0 Å². The molecule has 1 aromatic rings. The number of carbonyl (C=O) groups is 1. The van der Waals surface area contributed by atoms with E-state index in [1.165, 1.54) is 18.5 Å². The molecule has 5 heteroatoms. The standard InChI is InChI=1S/C8H7N3O2/c9-2-5-1-6(4-11-3-5)7(10)8(12)13/h1,3-4,7H,10H2,(H,12,13). The molecule has 1 aromatic heterocycles. The number of hydrogen-bond acceptors (Lipinski definition) is 4. The second-order valence-electron chi connectivity index (χ2n) is 2.43. The van der Waals surface area contributed by atoms with E-state index in [1.54, 1.807) is 0 Å². The van der Waals surface area contributed by atoms with Gasteiger partial charge in [0, 0.05) is 12.4 Å². The molecule has 0 aliphatic heterocycles. The van der Waals surface area contributed by atoms with Gasteiger partial charge in [-0.15, -0.1) is 0 Å². The maximum atomic E-state index is 10.5. The van der Waals surface area contributed by atoms with Gasteiger partial charge in [0.15, 0.2) is 0 Å². The number of aliphatic carboxylic acids is 1. The molecule has 0 aliphatic rings. The second kappa shape index (κ2) is 3.65. The van der Waals surface area contributed by atoms with E-state index in [0.717, 1.165) is 0 Å². The minimum atomic E-state index is -1.14. The monoisotopic (exact) mass is 177 g/mol. The van der Waals surface area contributed by atoms with Crippen molar-refractivity contribution < 1.29 is 9.90 Å². The summed E-state index contributed by atoms with van der Waals surface area (Å²) in [6, 6.07) is 2.13. The number of rotatable bonds is 2. The summed E-state index contributed by atoms with van der Waals surface area (Å²) in [5.41, 5.74) is 5.94. The van der Waals surface area contributed by atoms with Crippen LogP contribution < -0.4 is 5.73 Å². The van der Waals surface area contributed by atoms with Crippen LogP contribution in [0.1, 0.15) is 17.2 Å². The van der Waals surface area contributed by atoms with Gasteiger partial charge in [-0.3, -0.25) is 9.78 Å². The summed E-state index contributed by atoms with van der Waals surface area (Å²) < 4.78 is 0. The SMILES string of the molecule is N#Cc1cncc(C(N)C(=O)O)c1. The Labute approximate surface area is 74.4 Å². The average Bonchev–Trinajstić information content (AvgIpc) is 2.16. The fourth-order valence-electron chi connectivity index (χ4n) is 0.832. The van der Waals surface area contributed by atoms with Gasteiger partial charge >= 0.3 is 5.97 Å². The van der Waals surface area contributed by atoms with Crippen LogP contribution >= 0.6 is 0 Å². The second-order valence-corrected chi connectivity index (χ2v) is 2.43. The minimum absolute atomic E-state index is 0.300. The van der Waals surface area contributed by atoms with Crippen LogP contribution in [0.25, 0.3) is 0 Å². The van der Waals surface area contributed by atoms with Gasteiger partial charge < -0.3 is 10.8 Å². The number of nitrogens with two attached hydrogens (primary N) is 1. The van der Waals surface area contributed by atoms with Gasteiger partial charge in [-0.1, -0.05) is 0 Å². The number of pyridine rings is 1. The van der Waals surface area contributed by atoms with E-state index in [4.69, 9.17) is 16.1 Å². The first-order valence-corrected chi connectivity index (χ1v) is 3.48. The molecule has 66 valence electrons. The van der Waals surface area contributed by atoms with Crippen molar-refractivity contribution in [3.05, 3.63) is 29.6 Å². The summed E-state index contributed by atoms with van der Waals surface area (Å²) in [7, 11) is 0. The predicted molar refractivity (Wildman–Crippen MR) is 43.5 cm³/mol. The molecule has 1 heterocycles. The maximum absolute atomic E-state index is 10.5. The van der Waals surface area contributed by atoms with Gasteiger partial charge in [-0.25, -0.2) is 0 Å². The average molecular weight is 177 g/mol. The fraction of sp³-hybridized carbons (Fsp3) is 0.125. The minimum Gasteiger partial charge on any atom is -0.480 e. The van der Waals surface area contributed by atoms with Gasteiger partial charge in [0.2, 0.25) is 0 Å². The molecule has 0 fully saturated rings. The largest absolute Gasteiger partial charge is 0.480 e. The van der Waals surface area contributed by atoms with E-state index in [9.17, 15) is 4.79 Å². The van der Waals surface area contributed by atoms with Crippen LogP contribution in [0, 0.1) is 11.3 Å². The molecule has 0 bridgehead atoms. The molecule has 0 saturated heterocycles. The van der Waals surface area contributed by atoms with Crippen LogP contribution in [-0.2, 0) is 4.79 Å². The zero-order valence-corrected chi connectivity index (χ0v) is 6.64. The number of hydrogen-bond donors (Lipinski definition) is 2. The maximum Gasteiger partial charge on any atom is 0.325 e. The number of carboxylic acid groups (broad SMARTS) is 1. The lowest BCUT2D eigenvalue weighted by Gasteiger charge is -2.04. The third-order valence-corrected chi connectivity index (χ3v) is 1.51. The molecule has 0 radical (unpaired) electrons. The zero-order valence-electron chi connectivity index (χ0n) is 6.64. The quantitative estimate of drug-likeness (QED) is 0.664. The third-order valence-electron chi connectivity index (χ3n) is 1.51. The number of nitrogens with zero attached hydrogens (tertiary/aromatic N) is 2. The first-order valence-electron chi connectivity index (χ1n) is 3.48. The molecule has 5 nitrogen and oxygen atoms in total. The summed E-state index contributed by atoms with van der Waals surface area (Å²) in [5, 5.41) is 17.1. The Kier molecular flexibility index (Phi) is 2.57. The Hall–Kier alpha value is -1.93. The highest BCUT2D eigenvalue weighted by Crippen LogP contribution is 2.10. The highest BCUT2D eigenvalue weighted by atomic mass is 16.4. The molecule has 0 aromatic carbocycles. The van der Waals surface area contributed by atoms with E-state index < -0.39 is 12.0 Å². The van der Waals surface area contributed by atoms with Gasteiger partial charge in [0.1, 0.15) is 12.1 Å². The predicted octanol–water partition coefficient (Wildman–Crippen LogP) is 0.0377. The van der Waals surface area contributed by atoms with Gasteiger partial charge in [0.25, 0.3) is 0 Å². The molecule has 0 spiro atoms. The van der Waals surface area contributed by atoms with Crippen LogP contribution in [0.2, 0.25) is 0 Å². The summed E-state index contributed by atoms with van der Waals surface area (Å²) in [6.45, 7) is 0. The topological polar surface area (TPSA) is 100 Å². The number of aromatic nitrogens is 1. The summed E-state index contributed by atoms with van der Waals surface area (Å²) in [5.74, 6) is -1.14. The van der Waals surface area contributed by atoms with Crippen molar-refractivity contribution in [2.75, 3.05) is 0 Å². The lowest BCUT2D eigenvalue weighted by molar-refractivity contribution is -0.138.